The molecule has 8 bridgehead atoms. The van der Waals surface area contributed by atoms with Gasteiger partial charge in [-0.15, -0.1) is 0 Å². The summed E-state index contributed by atoms with van der Waals surface area (Å²) in [6, 6.07) is 6.78. The summed E-state index contributed by atoms with van der Waals surface area (Å²) in [5.41, 5.74) is 5.22. The van der Waals surface area contributed by atoms with Crippen LogP contribution in [0.5, 0.6) is 0 Å². The summed E-state index contributed by atoms with van der Waals surface area (Å²) in [4.78, 5) is 16.1. The molecule has 12 nitrogen and oxygen atoms in total. The van der Waals surface area contributed by atoms with Gasteiger partial charge in [-0.05, 0) is 62.4 Å². The molecule has 43 heavy (non-hydrogen) atoms. The monoisotopic (exact) mass is 590 g/mol. The van der Waals surface area contributed by atoms with Gasteiger partial charge in [-0.3, -0.25) is 0 Å². The van der Waals surface area contributed by atoms with E-state index in [1.807, 2.05) is 13.8 Å². The van der Waals surface area contributed by atoms with Gasteiger partial charge in [0.25, 0.3) is 0 Å². The van der Waals surface area contributed by atoms with Crippen LogP contribution in [-0.4, -0.2) is 82.8 Å². The quantitative estimate of drug-likeness (QED) is 0.139. The number of hydrogen-bond acceptors (Lipinski definition) is 10. The highest BCUT2D eigenvalue weighted by Gasteiger charge is 2.37. The maximum absolute atomic E-state index is 10.9. The van der Waals surface area contributed by atoms with Crippen molar-refractivity contribution in [2.45, 2.75) is 44.1 Å². The molecule has 3 aromatic heterocycles. The zero-order valence-corrected chi connectivity index (χ0v) is 23.7. The van der Waals surface area contributed by atoms with Crippen LogP contribution in [0.3, 0.4) is 0 Å². The van der Waals surface area contributed by atoms with E-state index in [1.165, 1.54) is 0 Å². The van der Waals surface area contributed by atoms with Crippen LogP contribution in [0.15, 0.2) is 24.3 Å². The van der Waals surface area contributed by atoms with Crippen LogP contribution in [0.4, 0.5) is 0 Å². The van der Waals surface area contributed by atoms with E-state index in [0.717, 1.165) is 0 Å². The molecule has 1 fully saturated rings. The molecule has 226 valence electrons. The van der Waals surface area contributed by atoms with Gasteiger partial charge in [0.1, 0.15) is 24.4 Å². The molecular weight excluding hydrogens is 556 g/mol. The van der Waals surface area contributed by atoms with E-state index in [1.54, 1.807) is 48.6 Å². The number of hydrogen-bond donors (Lipinski definition) is 8. The molecule has 0 saturated carbocycles. The summed E-state index contributed by atoms with van der Waals surface area (Å²) in [6.07, 6.45) is 2.60. The molecule has 0 radical (unpaired) electrons. The maximum Gasteiger partial charge on any atom is 0.163 e. The molecule has 1 saturated heterocycles. The summed E-state index contributed by atoms with van der Waals surface area (Å²) >= 11 is 0. The standard InChI is InChI=1S/C31H34N4O8/c1-31(2)42-14-26(43-31)30-21-9-7-19(34-21)28(24(40)12-37)17-5-3-15(32-17)27(23(39)11-36)16-4-6-18(33-16)29(25(41)13-38)20-8-10-22(30)35-20/h3-10,23-26,32-33,36-41H,11-14H2,1-2H3/t23-,24+,25+,26+/m0/s1. The minimum absolute atomic E-state index is 0.240. The van der Waals surface area contributed by atoms with E-state index in [0.29, 0.717) is 67.1 Å². The van der Waals surface area contributed by atoms with Gasteiger partial charge < -0.3 is 50.1 Å². The lowest BCUT2D eigenvalue weighted by atomic mass is 10.1. The minimum Gasteiger partial charge on any atom is -0.393 e. The Balaban J connectivity index is 1.78. The molecule has 8 N–H and O–H groups in total. The van der Waals surface area contributed by atoms with Crippen LogP contribution < -0.4 is 0 Å². The second-order valence-electron chi connectivity index (χ2n) is 11.1. The molecule has 6 rings (SSSR count). The third-order valence-electron chi connectivity index (χ3n) is 7.77. The summed E-state index contributed by atoms with van der Waals surface area (Å²) in [7, 11) is 0. The van der Waals surface area contributed by atoms with Gasteiger partial charge in [0.15, 0.2) is 5.79 Å². The molecule has 3 aliphatic rings. The molecule has 3 aromatic rings. The smallest absolute Gasteiger partial charge is 0.163 e. The number of ether oxygens (including phenoxy) is 2. The number of nitrogens with one attached hydrogen (secondary N) is 2. The Morgan fingerprint density at radius 1 is 0.698 bits per heavy atom. The highest BCUT2D eigenvalue weighted by Crippen LogP contribution is 2.39. The Bertz CT molecular complexity index is 1660. The summed E-state index contributed by atoms with van der Waals surface area (Å²) in [5, 5.41) is 62.5. The Labute approximate surface area is 246 Å². The first-order valence-corrected chi connectivity index (χ1v) is 14.0. The molecule has 3 aliphatic heterocycles. The van der Waals surface area contributed by atoms with Crippen molar-refractivity contribution in [3.8, 4) is 0 Å². The summed E-state index contributed by atoms with van der Waals surface area (Å²) in [6.45, 7) is 2.16. The zero-order chi connectivity index (χ0) is 30.5. The SMILES string of the molecule is CC1(C)OC[C@H](c2c3nc(c([C@H](O)CO)c4ccc([nH]4)c([C@@H](O)CO)c4ccc([nH]4)c([C@H](O)CO)c4nc2C=C4)C=C3)O1. The van der Waals surface area contributed by atoms with Crippen molar-refractivity contribution in [3.63, 3.8) is 0 Å². The fraction of sp³-hybridized carbons (Fsp3) is 0.355. The third kappa shape index (κ3) is 5.32. The zero-order valence-electron chi connectivity index (χ0n) is 23.7. The molecule has 0 unspecified atom stereocenters. The lowest BCUT2D eigenvalue weighted by Crippen LogP contribution is -2.20. The van der Waals surface area contributed by atoms with Crippen LogP contribution in [0.2, 0.25) is 0 Å². The number of aliphatic hydroxyl groups is 6. The topological polar surface area (TPSA) is 197 Å². The van der Waals surface area contributed by atoms with E-state index >= 15 is 0 Å². The van der Waals surface area contributed by atoms with Gasteiger partial charge in [0.05, 0.1) is 49.2 Å². The van der Waals surface area contributed by atoms with Gasteiger partial charge in [-0.1, -0.05) is 0 Å². The van der Waals surface area contributed by atoms with Crippen LogP contribution in [0, 0.1) is 0 Å². The van der Waals surface area contributed by atoms with Gasteiger partial charge in [-0.25, -0.2) is 9.97 Å². The summed E-state index contributed by atoms with van der Waals surface area (Å²) in [5.74, 6) is -0.846. The molecule has 4 atom stereocenters. The molecule has 0 amide bonds. The van der Waals surface area contributed by atoms with Crippen molar-refractivity contribution in [2.75, 3.05) is 26.4 Å². The molecule has 0 spiro atoms. The Hall–Kier alpha value is -3.72. The molecular formula is C31H34N4O8. The van der Waals surface area contributed by atoms with Crippen molar-refractivity contribution >= 4 is 46.4 Å². The van der Waals surface area contributed by atoms with Crippen LogP contribution >= 0.6 is 0 Å². The van der Waals surface area contributed by atoms with Crippen molar-refractivity contribution in [2.24, 2.45) is 0 Å². The first-order valence-electron chi connectivity index (χ1n) is 14.0. The molecule has 0 aliphatic carbocycles. The van der Waals surface area contributed by atoms with E-state index in [9.17, 15) is 30.6 Å². The van der Waals surface area contributed by atoms with Crippen LogP contribution in [0.1, 0.15) is 83.3 Å². The molecule has 12 heteroatoms. The number of aliphatic hydroxyl groups excluding tert-OH is 6. The normalized spacial score (nSPS) is 19.6. The average molecular weight is 591 g/mol. The second kappa shape index (κ2) is 11.4. The van der Waals surface area contributed by atoms with E-state index in [-0.39, 0.29) is 6.61 Å². The lowest BCUT2D eigenvalue weighted by molar-refractivity contribution is -0.139. The molecule has 6 heterocycles. The number of nitrogens with zero attached hydrogens (tertiary/aromatic N) is 2. The maximum atomic E-state index is 10.9. The molecule has 0 aromatic carbocycles. The highest BCUT2D eigenvalue weighted by molar-refractivity contribution is 5.84. The Kier molecular flexibility index (Phi) is 7.79. The fourth-order valence-corrected chi connectivity index (χ4v) is 5.79. The van der Waals surface area contributed by atoms with Crippen LogP contribution in [-0.2, 0) is 9.47 Å². The van der Waals surface area contributed by atoms with E-state index in [2.05, 4.69) is 9.97 Å². The van der Waals surface area contributed by atoms with Gasteiger partial charge in [0, 0.05) is 44.3 Å². The predicted octanol–water partition coefficient (Wildman–Crippen LogP) is 2.56. The highest BCUT2D eigenvalue weighted by atomic mass is 16.7. The largest absolute Gasteiger partial charge is 0.393 e. The van der Waals surface area contributed by atoms with Gasteiger partial charge >= 0.3 is 0 Å². The van der Waals surface area contributed by atoms with Gasteiger partial charge in [-0.2, -0.15) is 0 Å². The number of aromatic amines is 2. The Morgan fingerprint density at radius 3 is 1.49 bits per heavy atom. The first-order chi connectivity index (χ1) is 20.6. The average Bonchev–Trinajstić information content (AvgIpc) is 3.82. The van der Waals surface area contributed by atoms with Crippen molar-refractivity contribution in [3.05, 3.63) is 69.3 Å². The van der Waals surface area contributed by atoms with E-state index in [4.69, 9.17) is 19.4 Å². The van der Waals surface area contributed by atoms with Crippen molar-refractivity contribution in [1.29, 1.82) is 0 Å². The van der Waals surface area contributed by atoms with Crippen molar-refractivity contribution < 1.29 is 40.1 Å². The predicted molar refractivity (Wildman–Crippen MR) is 159 cm³/mol. The van der Waals surface area contributed by atoms with Gasteiger partial charge in [0.2, 0.25) is 0 Å². The lowest BCUT2D eigenvalue weighted by Gasteiger charge is -2.18. The number of fused-ring (bicyclic) bond motifs is 8. The summed E-state index contributed by atoms with van der Waals surface area (Å²) < 4.78 is 12.1. The number of rotatable bonds is 7. The third-order valence-corrected chi connectivity index (χ3v) is 7.77. The minimum atomic E-state index is -1.29. The van der Waals surface area contributed by atoms with Crippen LogP contribution in [0.25, 0.3) is 46.4 Å². The number of H-pyrrole nitrogens is 2. The van der Waals surface area contributed by atoms with Crippen molar-refractivity contribution in [1.82, 2.24) is 19.9 Å². The fourth-order valence-electron chi connectivity index (χ4n) is 5.79. The Morgan fingerprint density at radius 2 is 1.09 bits per heavy atom. The second-order valence-corrected chi connectivity index (χ2v) is 11.1. The number of aromatic nitrogens is 4. The first kappa shape index (κ1) is 29.4. The van der Waals surface area contributed by atoms with E-state index < -0.39 is 50.0 Å².